The Morgan fingerprint density at radius 2 is 2.22 bits per heavy atom. The summed E-state index contributed by atoms with van der Waals surface area (Å²) in [5.74, 6) is -0.161. The molecular formula is C14H20ClNO2. The van der Waals surface area contributed by atoms with Crippen molar-refractivity contribution in [3.63, 3.8) is 0 Å². The van der Waals surface area contributed by atoms with Crippen molar-refractivity contribution >= 4 is 17.6 Å². The van der Waals surface area contributed by atoms with Gasteiger partial charge in [0.2, 0.25) is 0 Å². The van der Waals surface area contributed by atoms with Gasteiger partial charge in [0, 0.05) is 17.6 Å². The second-order valence-electron chi connectivity index (χ2n) is 4.02. The van der Waals surface area contributed by atoms with Gasteiger partial charge in [-0.15, -0.1) is 0 Å². The van der Waals surface area contributed by atoms with Crippen LogP contribution in [0.4, 0.5) is 0 Å². The van der Waals surface area contributed by atoms with Crippen molar-refractivity contribution in [1.29, 1.82) is 0 Å². The predicted octanol–water partition coefficient (Wildman–Crippen LogP) is 3.33. The Labute approximate surface area is 113 Å². The molecule has 0 aliphatic heterocycles. The molecule has 0 amide bonds. The van der Waals surface area contributed by atoms with Gasteiger partial charge in [-0.25, -0.2) is 0 Å². The summed E-state index contributed by atoms with van der Waals surface area (Å²) in [5.41, 5.74) is 1.15. The number of carbonyl (C=O) groups excluding carboxylic acids is 1. The lowest BCUT2D eigenvalue weighted by Crippen LogP contribution is -2.24. The molecule has 1 N–H and O–H groups in total. The Bertz CT molecular complexity index is 382. The molecule has 0 saturated carbocycles. The Morgan fingerprint density at radius 1 is 1.44 bits per heavy atom. The summed E-state index contributed by atoms with van der Waals surface area (Å²) in [7, 11) is 0. The molecule has 3 nitrogen and oxygen atoms in total. The minimum Gasteiger partial charge on any atom is -0.466 e. The number of esters is 1. The first-order valence-corrected chi connectivity index (χ1v) is 6.69. The maximum atomic E-state index is 11.2. The molecule has 0 bridgehead atoms. The summed E-state index contributed by atoms with van der Waals surface area (Å²) in [6, 6.07) is 8.01. The molecule has 0 aliphatic rings. The van der Waals surface area contributed by atoms with E-state index in [2.05, 4.69) is 12.2 Å². The van der Waals surface area contributed by atoms with Gasteiger partial charge in [0.05, 0.1) is 13.0 Å². The van der Waals surface area contributed by atoms with E-state index in [0.29, 0.717) is 19.6 Å². The highest BCUT2D eigenvalue weighted by molar-refractivity contribution is 6.30. The summed E-state index contributed by atoms with van der Waals surface area (Å²) in [6.45, 7) is 4.96. The van der Waals surface area contributed by atoms with Gasteiger partial charge in [-0.2, -0.15) is 0 Å². The number of rotatable bonds is 7. The zero-order valence-corrected chi connectivity index (χ0v) is 11.7. The minimum absolute atomic E-state index is 0.161. The van der Waals surface area contributed by atoms with Gasteiger partial charge in [0.25, 0.3) is 0 Å². The van der Waals surface area contributed by atoms with Crippen LogP contribution in [-0.4, -0.2) is 19.1 Å². The van der Waals surface area contributed by atoms with E-state index >= 15 is 0 Å². The van der Waals surface area contributed by atoms with Crippen LogP contribution in [0.3, 0.4) is 0 Å². The largest absolute Gasteiger partial charge is 0.466 e. The number of hydrogen-bond acceptors (Lipinski definition) is 3. The first-order chi connectivity index (χ1) is 8.67. The van der Waals surface area contributed by atoms with Crippen LogP contribution in [0.25, 0.3) is 0 Å². The third-order valence-electron chi connectivity index (χ3n) is 2.68. The van der Waals surface area contributed by atoms with Crippen molar-refractivity contribution in [1.82, 2.24) is 5.32 Å². The Kier molecular flexibility index (Phi) is 6.76. The zero-order valence-electron chi connectivity index (χ0n) is 10.9. The molecule has 0 aromatic heterocycles. The molecule has 0 fully saturated rings. The number of carbonyl (C=O) groups is 1. The van der Waals surface area contributed by atoms with E-state index in [1.165, 1.54) is 0 Å². The van der Waals surface area contributed by atoms with Crippen molar-refractivity contribution in [2.45, 2.75) is 32.7 Å². The standard InChI is InChI=1S/C14H20ClNO2/c1-3-13(11-6-5-7-12(15)10-11)16-9-8-14(17)18-4-2/h5-7,10,13,16H,3-4,8-9H2,1-2H3. The second-order valence-corrected chi connectivity index (χ2v) is 4.46. The van der Waals surface area contributed by atoms with E-state index in [1.54, 1.807) is 0 Å². The predicted molar refractivity (Wildman–Crippen MR) is 73.7 cm³/mol. The van der Waals surface area contributed by atoms with Crippen LogP contribution in [0.5, 0.6) is 0 Å². The molecule has 0 saturated heterocycles. The van der Waals surface area contributed by atoms with Crippen LogP contribution in [-0.2, 0) is 9.53 Å². The molecular weight excluding hydrogens is 250 g/mol. The van der Waals surface area contributed by atoms with Crippen molar-refractivity contribution in [3.05, 3.63) is 34.9 Å². The van der Waals surface area contributed by atoms with E-state index < -0.39 is 0 Å². The highest BCUT2D eigenvalue weighted by Crippen LogP contribution is 2.20. The first kappa shape index (κ1) is 15.0. The van der Waals surface area contributed by atoms with Crippen LogP contribution in [0.1, 0.15) is 38.3 Å². The fraction of sp³-hybridized carbons (Fsp3) is 0.500. The first-order valence-electron chi connectivity index (χ1n) is 6.31. The fourth-order valence-electron chi connectivity index (χ4n) is 1.80. The molecule has 0 spiro atoms. The maximum Gasteiger partial charge on any atom is 0.307 e. The third kappa shape index (κ3) is 5.07. The van der Waals surface area contributed by atoms with Crippen LogP contribution < -0.4 is 5.32 Å². The average Bonchev–Trinajstić information content (AvgIpc) is 2.35. The van der Waals surface area contributed by atoms with Crippen LogP contribution in [0.15, 0.2) is 24.3 Å². The number of benzene rings is 1. The van der Waals surface area contributed by atoms with Crippen molar-refractivity contribution in [2.24, 2.45) is 0 Å². The summed E-state index contributed by atoms with van der Waals surface area (Å²) in [4.78, 5) is 11.2. The summed E-state index contributed by atoms with van der Waals surface area (Å²) in [5, 5.41) is 4.08. The number of nitrogens with one attached hydrogen (secondary N) is 1. The number of halogens is 1. The molecule has 1 aromatic rings. The van der Waals surface area contributed by atoms with E-state index in [1.807, 2.05) is 31.2 Å². The topological polar surface area (TPSA) is 38.3 Å². The Hall–Kier alpha value is -1.06. The van der Waals surface area contributed by atoms with Gasteiger partial charge in [-0.1, -0.05) is 30.7 Å². The number of hydrogen-bond donors (Lipinski definition) is 1. The van der Waals surface area contributed by atoms with E-state index in [4.69, 9.17) is 16.3 Å². The molecule has 0 radical (unpaired) electrons. The molecule has 100 valence electrons. The van der Waals surface area contributed by atoms with Gasteiger partial charge >= 0.3 is 5.97 Å². The molecule has 4 heteroatoms. The smallest absolute Gasteiger partial charge is 0.307 e. The van der Waals surface area contributed by atoms with E-state index in [0.717, 1.165) is 17.0 Å². The molecule has 0 aliphatic carbocycles. The van der Waals surface area contributed by atoms with Gasteiger partial charge in [-0.05, 0) is 31.0 Å². The molecule has 18 heavy (non-hydrogen) atoms. The quantitative estimate of drug-likeness (QED) is 0.772. The van der Waals surface area contributed by atoms with Crippen LogP contribution >= 0.6 is 11.6 Å². The highest BCUT2D eigenvalue weighted by Gasteiger charge is 2.10. The Morgan fingerprint density at radius 3 is 2.83 bits per heavy atom. The number of ether oxygens (including phenoxy) is 1. The van der Waals surface area contributed by atoms with E-state index in [-0.39, 0.29) is 12.0 Å². The lowest BCUT2D eigenvalue weighted by molar-refractivity contribution is -0.143. The van der Waals surface area contributed by atoms with Gasteiger partial charge in [0.1, 0.15) is 0 Å². The lowest BCUT2D eigenvalue weighted by atomic mass is 10.0. The zero-order chi connectivity index (χ0) is 13.4. The van der Waals surface area contributed by atoms with E-state index in [9.17, 15) is 4.79 Å². The molecule has 0 heterocycles. The molecule has 1 atom stereocenters. The van der Waals surface area contributed by atoms with Crippen molar-refractivity contribution in [3.8, 4) is 0 Å². The van der Waals surface area contributed by atoms with Crippen LogP contribution in [0, 0.1) is 0 Å². The normalized spacial score (nSPS) is 12.2. The van der Waals surface area contributed by atoms with Crippen LogP contribution in [0.2, 0.25) is 5.02 Å². The van der Waals surface area contributed by atoms with Crippen molar-refractivity contribution < 1.29 is 9.53 Å². The van der Waals surface area contributed by atoms with Crippen molar-refractivity contribution in [2.75, 3.05) is 13.2 Å². The van der Waals surface area contributed by atoms with Gasteiger partial charge < -0.3 is 10.1 Å². The third-order valence-corrected chi connectivity index (χ3v) is 2.92. The monoisotopic (exact) mass is 269 g/mol. The lowest BCUT2D eigenvalue weighted by Gasteiger charge is -2.17. The molecule has 1 aromatic carbocycles. The molecule has 1 unspecified atom stereocenters. The maximum absolute atomic E-state index is 11.2. The minimum atomic E-state index is -0.161. The second kappa shape index (κ2) is 8.11. The highest BCUT2D eigenvalue weighted by atomic mass is 35.5. The Balaban J connectivity index is 2.45. The summed E-state index contributed by atoms with van der Waals surface area (Å²) >= 11 is 5.97. The van der Waals surface area contributed by atoms with Gasteiger partial charge in [0.15, 0.2) is 0 Å². The molecule has 1 rings (SSSR count). The summed E-state index contributed by atoms with van der Waals surface area (Å²) < 4.78 is 4.88. The SMILES string of the molecule is CCOC(=O)CCNC(CC)c1cccc(Cl)c1. The average molecular weight is 270 g/mol. The summed E-state index contributed by atoms with van der Waals surface area (Å²) in [6.07, 6.45) is 1.34. The fourth-order valence-corrected chi connectivity index (χ4v) is 2.00. The van der Waals surface area contributed by atoms with Gasteiger partial charge in [-0.3, -0.25) is 4.79 Å².